The molecule has 2 aromatic rings. The van der Waals surface area contributed by atoms with E-state index in [0.29, 0.717) is 17.3 Å². The van der Waals surface area contributed by atoms with E-state index >= 15 is 0 Å². The molecule has 2 aromatic heterocycles. The first kappa shape index (κ1) is 9.72. The second kappa shape index (κ2) is 3.74. The number of aromatic nitrogens is 5. The van der Waals surface area contributed by atoms with Gasteiger partial charge in [0.05, 0.1) is 6.10 Å². The molecule has 0 saturated carbocycles. The van der Waals surface area contributed by atoms with Crippen LogP contribution in [0.2, 0.25) is 0 Å². The maximum atomic E-state index is 9.51. The predicted molar refractivity (Wildman–Crippen MR) is 52.3 cm³/mol. The minimum Gasteiger partial charge on any atom is -0.387 e. The number of rotatable bonds is 2. The predicted octanol–water partition coefficient (Wildman–Crippen LogP) is 0.419. The minimum absolute atomic E-state index is 0.488. The summed E-state index contributed by atoms with van der Waals surface area (Å²) >= 11 is 0. The summed E-state index contributed by atoms with van der Waals surface area (Å²) in [4.78, 5) is 12.2. The molecule has 0 fully saturated rings. The highest BCUT2D eigenvalue weighted by Gasteiger charge is 2.12. The highest BCUT2D eigenvalue weighted by atomic mass is 16.3. The molecule has 0 bridgehead atoms. The summed E-state index contributed by atoms with van der Waals surface area (Å²) in [5.41, 5.74) is 0.488. The molecule has 0 aromatic carbocycles. The Kier molecular flexibility index (Phi) is 2.42. The van der Waals surface area contributed by atoms with Gasteiger partial charge in [0.2, 0.25) is 0 Å². The van der Waals surface area contributed by atoms with Crippen LogP contribution < -0.4 is 0 Å². The smallest absolute Gasteiger partial charge is 0.179 e. The number of hydrogen-bond donors (Lipinski definition) is 1. The van der Waals surface area contributed by atoms with Gasteiger partial charge in [-0.05, 0) is 13.8 Å². The Bertz CT molecular complexity index is 465. The second-order valence-corrected chi connectivity index (χ2v) is 3.18. The lowest BCUT2D eigenvalue weighted by molar-refractivity contribution is 0.193. The summed E-state index contributed by atoms with van der Waals surface area (Å²) in [7, 11) is 0. The van der Waals surface area contributed by atoms with Gasteiger partial charge in [0, 0.05) is 12.4 Å². The third kappa shape index (κ3) is 1.84. The number of aryl methyl sites for hydroxylation is 1. The van der Waals surface area contributed by atoms with Gasteiger partial charge in [0.1, 0.15) is 17.8 Å². The number of aliphatic hydroxyl groups excluding tert-OH is 1. The van der Waals surface area contributed by atoms with Gasteiger partial charge in [-0.25, -0.2) is 14.6 Å². The Morgan fingerprint density at radius 2 is 2.00 bits per heavy atom. The van der Waals surface area contributed by atoms with E-state index < -0.39 is 6.10 Å². The van der Waals surface area contributed by atoms with Gasteiger partial charge in [0.15, 0.2) is 5.82 Å². The highest BCUT2D eigenvalue weighted by molar-refractivity contribution is 5.27. The lowest BCUT2D eigenvalue weighted by Gasteiger charge is -2.07. The maximum Gasteiger partial charge on any atom is 0.179 e. The summed E-state index contributed by atoms with van der Waals surface area (Å²) in [6.45, 7) is 3.42. The molecule has 15 heavy (non-hydrogen) atoms. The van der Waals surface area contributed by atoms with Crippen molar-refractivity contribution in [3.8, 4) is 5.82 Å². The van der Waals surface area contributed by atoms with Gasteiger partial charge >= 0.3 is 0 Å². The van der Waals surface area contributed by atoms with E-state index in [0.717, 1.165) is 0 Å². The van der Waals surface area contributed by atoms with E-state index in [1.807, 2.05) is 0 Å². The molecular formula is C9H11N5O. The first-order valence-electron chi connectivity index (χ1n) is 4.56. The quantitative estimate of drug-likeness (QED) is 0.768. The molecule has 0 unspecified atom stereocenters. The van der Waals surface area contributed by atoms with Crippen LogP contribution in [0.25, 0.3) is 5.82 Å². The molecular weight excluding hydrogens is 194 g/mol. The molecule has 1 N–H and O–H groups in total. The van der Waals surface area contributed by atoms with Gasteiger partial charge in [-0.3, -0.25) is 4.98 Å². The van der Waals surface area contributed by atoms with Crippen molar-refractivity contribution in [3.63, 3.8) is 0 Å². The van der Waals surface area contributed by atoms with Crippen molar-refractivity contribution >= 4 is 0 Å². The average molecular weight is 205 g/mol. The Morgan fingerprint density at radius 1 is 1.27 bits per heavy atom. The first-order valence-corrected chi connectivity index (χ1v) is 4.56. The topological polar surface area (TPSA) is 76.7 Å². The number of aliphatic hydroxyl groups is 1. The molecule has 6 heteroatoms. The van der Waals surface area contributed by atoms with E-state index in [4.69, 9.17) is 0 Å². The molecule has 0 spiro atoms. The van der Waals surface area contributed by atoms with Crippen LogP contribution in [-0.4, -0.2) is 29.8 Å². The van der Waals surface area contributed by atoms with E-state index in [2.05, 4.69) is 20.1 Å². The molecule has 0 saturated heterocycles. The van der Waals surface area contributed by atoms with Crippen LogP contribution in [0, 0.1) is 6.92 Å². The third-order valence-corrected chi connectivity index (χ3v) is 1.93. The zero-order valence-electron chi connectivity index (χ0n) is 8.49. The van der Waals surface area contributed by atoms with Crippen LogP contribution in [0.5, 0.6) is 0 Å². The van der Waals surface area contributed by atoms with Crippen molar-refractivity contribution in [2.45, 2.75) is 20.0 Å². The molecule has 2 rings (SSSR count). The minimum atomic E-state index is -0.682. The van der Waals surface area contributed by atoms with Crippen molar-refractivity contribution in [2.75, 3.05) is 0 Å². The van der Waals surface area contributed by atoms with E-state index in [1.165, 1.54) is 10.9 Å². The summed E-state index contributed by atoms with van der Waals surface area (Å²) in [6, 6.07) is 0. The van der Waals surface area contributed by atoms with Gasteiger partial charge in [-0.1, -0.05) is 0 Å². The molecule has 0 aliphatic heterocycles. The van der Waals surface area contributed by atoms with Gasteiger partial charge < -0.3 is 5.11 Å². The number of hydrogen-bond acceptors (Lipinski definition) is 5. The lowest BCUT2D eigenvalue weighted by atomic mass is 10.3. The highest BCUT2D eigenvalue weighted by Crippen LogP contribution is 2.14. The van der Waals surface area contributed by atoms with Crippen LogP contribution in [0.4, 0.5) is 0 Å². The average Bonchev–Trinajstić information content (AvgIpc) is 2.65. The fourth-order valence-electron chi connectivity index (χ4n) is 1.26. The van der Waals surface area contributed by atoms with Gasteiger partial charge in [-0.2, -0.15) is 5.10 Å². The first-order chi connectivity index (χ1) is 7.18. The zero-order chi connectivity index (χ0) is 10.8. The molecule has 0 amide bonds. The van der Waals surface area contributed by atoms with Crippen LogP contribution in [0.15, 0.2) is 18.7 Å². The molecule has 0 aliphatic carbocycles. The monoisotopic (exact) mass is 205 g/mol. The fraction of sp³-hybridized carbons (Fsp3) is 0.333. The van der Waals surface area contributed by atoms with Crippen molar-refractivity contribution in [1.29, 1.82) is 0 Å². The van der Waals surface area contributed by atoms with Crippen LogP contribution in [0.3, 0.4) is 0 Å². The van der Waals surface area contributed by atoms with E-state index in [1.54, 1.807) is 26.4 Å². The van der Waals surface area contributed by atoms with Crippen molar-refractivity contribution < 1.29 is 5.11 Å². The number of nitrogens with zero attached hydrogens (tertiary/aromatic N) is 5. The van der Waals surface area contributed by atoms with Gasteiger partial charge in [-0.15, -0.1) is 0 Å². The SMILES string of the molecule is Cc1ncn(-c2nccnc2[C@@H](C)O)n1. The summed E-state index contributed by atoms with van der Waals surface area (Å²) in [5, 5.41) is 13.6. The van der Waals surface area contributed by atoms with Crippen molar-refractivity contribution in [3.05, 3.63) is 30.2 Å². The Morgan fingerprint density at radius 3 is 2.60 bits per heavy atom. The van der Waals surface area contributed by atoms with E-state index in [9.17, 15) is 5.11 Å². The lowest BCUT2D eigenvalue weighted by Crippen LogP contribution is -2.07. The van der Waals surface area contributed by atoms with Crippen LogP contribution >= 0.6 is 0 Å². The molecule has 1 atom stereocenters. The summed E-state index contributed by atoms with van der Waals surface area (Å²) in [6.07, 6.45) is 3.96. The van der Waals surface area contributed by atoms with Crippen molar-refractivity contribution in [1.82, 2.24) is 24.7 Å². The summed E-state index contributed by atoms with van der Waals surface area (Å²) < 4.78 is 1.50. The zero-order valence-corrected chi connectivity index (χ0v) is 8.49. The second-order valence-electron chi connectivity index (χ2n) is 3.18. The third-order valence-electron chi connectivity index (χ3n) is 1.93. The molecule has 0 radical (unpaired) electrons. The largest absolute Gasteiger partial charge is 0.387 e. The van der Waals surface area contributed by atoms with Crippen molar-refractivity contribution in [2.24, 2.45) is 0 Å². The van der Waals surface area contributed by atoms with E-state index in [-0.39, 0.29) is 0 Å². The molecule has 78 valence electrons. The normalized spacial score (nSPS) is 12.7. The van der Waals surface area contributed by atoms with Crippen LogP contribution in [0.1, 0.15) is 24.5 Å². The molecule has 2 heterocycles. The van der Waals surface area contributed by atoms with Crippen LogP contribution in [-0.2, 0) is 0 Å². The fourth-order valence-corrected chi connectivity index (χ4v) is 1.26. The maximum absolute atomic E-state index is 9.51. The Labute approximate surface area is 86.6 Å². The standard InChI is InChI=1S/C9H11N5O/c1-6(15)8-9(11-4-3-10-8)14-5-12-7(2)13-14/h3-6,15H,1-2H3/t6-/m1/s1. The molecule has 6 nitrogen and oxygen atoms in total. The Hall–Kier alpha value is -1.82. The summed E-state index contributed by atoms with van der Waals surface area (Å²) in [5.74, 6) is 1.16. The van der Waals surface area contributed by atoms with Gasteiger partial charge in [0.25, 0.3) is 0 Å². The Balaban J connectivity index is 2.52. The molecule has 0 aliphatic rings.